The van der Waals surface area contributed by atoms with Gasteiger partial charge in [-0.15, -0.1) is 11.8 Å². The minimum atomic E-state index is -0.0355. The molecule has 2 N–H and O–H groups in total. The maximum absolute atomic E-state index is 12.3. The third-order valence-electron chi connectivity index (χ3n) is 3.96. The summed E-state index contributed by atoms with van der Waals surface area (Å²) < 4.78 is 0. The summed E-state index contributed by atoms with van der Waals surface area (Å²) in [6, 6.07) is 8.40. The molecule has 1 aliphatic heterocycles. The van der Waals surface area contributed by atoms with Crippen LogP contribution in [0.4, 0.5) is 0 Å². The molecule has 1 fully saturated rings. The van der Waals surface area contributed by atoms with Gasteiger partial charge in [-0.3, -0.25) is 4.79 Å². The van der Waals surface area contributed by atoms with Crippen LogP contribution in [-0.2, 0) is 4.79 Å². The fourth-order valence-corrected chi connectivity index (χ4v) is 3.01. The van der Waals surface area contributed by atoms with Crippen LogP contribution in [0.5, 0.6) is 0 Å². The summed E-state index contributed by atoms with van der Waals surface area (Å²) in [6.07, 6.45) is 4.16. The first-order valence-corrected chi connectivity index (χ1v) is 8.50. The number of hydrogen-bond acceptors (Lipinski definition) is 3. The number of nitrogens with one attached hydrogen (secondary N) is 2. The van der Waals surface area contributed by atoms with Gasteiger partial charge in [-0.2, -0.15) is 0 Å². The lowest BCUT2D eigenvalue weighted by molar-refractivity contribution is -0.124. The van der Waals surface area contributed by atoms with Gasteiger partial charge in [0.05, 0.1) is 12.1 Å². The molecule has 20 heavy (non-hydrogen) atoms. The summed E-state index contributed by atoms with van der Waals surface area (Å²) in [5, 5.41) is 6.42. The molecule has 1 heterocycles. The molecule has 0 saturated carbocycles. The van der Waals surface area contributed by atoms with Crippen molar-refractivity contribution in [2.75, 3.05) is 12.8 Å². The van der Waals surface area contributed by atoms with Gasteiger partial charge in [-0.05, 0) is 56.2 Å². The number of rotatable bonds is 4. The molecular formula is C16H24N2OS. The van der Waals surface area contributed by atoms with E-state index in [2.05, 4.69) is 48.1 Å². The number of hydrogen-bond donors (Lipinski definition) is 2. The van der Waals surface area contributed by atoms with E-state index >= 15 is 0 Å². The minimum Gasteiger partial charge on any atom is -0.348 e. The van der Waals surface area contributed by atoms with Gasteiger partial charge in [0, 0.05) is 4.90 Å². The van der Waals surface area contributed by atoms with Crippen molar-refractivity contribution in [1.29, 1.82) is 0 Å². The molecule has 0 spiro atoms. The highest BCUT2D eigenvalue weighted by molar-refractivity contribution is 7.98. The molecule has 3 nitrogen and oxygen atoms in total. The monoisotopic (exact) mass is 292 g/mol. The van der Waals surface area contributed by atoms with Gasteiger partial charge in [0.15, 0.2) is 0 Å². The van der Waals surface area contributed by atoms with Crippen LogP contribution in [0.15, 0.2) is 29.2 Å². The Bertz CT molecular complexity index is 446. The fraction of sp³-hybridized carbons (Fsp3) is 0.562. The molecule has 0 radical (unpaired) electrons. The minimum absolute atomic E-state index is 0.0355. The summed E-state index contributed by atoms with van der Waals surface area (Å²) in [7, 11) is 0. The van der Waals surface area contributed by atoms with E-state index in [0.717, 1.165) is 24.9 Å². The van der Waals surface area contributed by atoms with Gasteiger partial charge in [0.2, 0.25) is 5.91 Å². The summed E-state index contributed by atoms with van der Waals surface area (Å²) in [5.41, 5.74) is 1.15. The summed E-state index contributed by atoms with van der Waals surface area (Å²) in [6.45, 7) is 5.19. The molecule has 3 unspecified atom stereocenters. The van der Waals surface area contributed by atoms with Crippen molar-refractivity contribution in [2.45, 2.75) is 43.7 Å². The summed E-state index contributed by atoms with van der Waals surface area (Å²) >= 11 is 1.73. The molecule has 1 aromatic rings. The van der Waals surface area contributed by atoms with Crippen molar-refractivity contribution in [3.05, 3.63) is 29.8 Å². The van der Waals surface area contributed by atoms with E-state index in [1.807, 2.05) is 6.92 Å². The van der Waals surface area contributed by atoms with Crippen molar-refractivity contribution in [3.63, 3.8) is 0 Å². The lowest BCUT2D eigenvalue weighted by Gasteiger charge is -2.28. The molecule has 0 bridgehead atoms. The quantitative estimate of drug-likeness (QED) is 0.838. The van der Waals surface area contributed by atoms with Crippen LogP contribution in [0.3, 0.4) is 0 Å². The zero-order chi connectivity index (χ0) is 14.5. The number of thioether (sulfide) groups is 1. The summed E-state index contributed by atoms with van der Waals surface area (Å²) in [5.74, 6) is 0.751. The van der Waals surface area contributed by atoms with Gasteiger partial charge in [-0.1, -0.05) is 19.1 Å². The zero-order valence-corrected chi connectivity index (χ0v) is 13.3. The number of piperidine rings is 1. The Morgan fingerprint density at radius 3 is 2.70 bits per heavy atom. The second-order valence-corrected chi connectivity index (χ2v) is 6.52. The predicted molar refractivity (Wildman–Crippen MR) is 85.0 cm³/mol. The molecule has 1 aromatic carbocycles. The van der Waals surface area contributed by atoms with Crippen molar-refractivity contribution >= 4 is 17.7 Å². The molecule has 1 aliphatic rings. The van der Waals surface area contributed by atoms with Crippen LogP contribution in [0.1, 0.15) is 38.3 Å². The highest BCUT2D eigenvalue weighted by Gasteiger charge is 2.25. The molecule has 1 saturated heterocycles. The lowest BCUT2D eigenvalue weighted by atomic mass is 9.93. The molecule has 0 aromatic heterocycles. The van der Waals surface area contributed by atoms with E-state index < -0.39 is 0 Å². The third-order valence-corrected chi connectivity index (χ3v) is 4.70. The van der Waals surface area contributed by atoms with Crippen LogP contribution in [0.2, 0.25) is 0 Å². The van der Waals surface area contributed by atoms with Crippen molar-refractivity contribution < 1.29 is 4.79 Å². The van der Waals surface area contributed by atoms with E-state index in [1.165, 1.54) is 4.90 Å². The van der Waals surface area contributed by atoms with Crippen LogP contribution >= 0.6 is 11.8 Å². The Kier molecular flexibility index (Phi) is 5.49. The second-order valence-electron chi connectivity index (χ2n) is 5.64. The first-order valence-electron chi connectivity index (χ1n) is 7.28. The Labute approximate surface area is 125 Å². The number of carbonyl (C=O) groups excluding carboxylic acids is 1. The molecule has 110 valence electrons. The van der Waals surface area contributed by atoms with E-state index in [0.29, 0.717) is 5.92 Å². The Balaban J connectivity index is 1.92. The van der Waals surface area contributed by atoms with E-state index in [4.69, 9.17) is 0 Å². The SMILES string of the molecule is CSc1ccc(C(C)NC(=O)C2CC(C)CCN2)cc1. The molecule has 0 aliphatic carbocycles. The Morgan fingerprint density at radius 2 is 2.10 bits per heavy atom. The first kappa shape index (κ1) is 15.4. The number of amides is 1. The first-order chi connectivity index (χ1) is 9.60. The van der Waals surface area contributed by atoms with Crippen molar-refractivity contribution in [3.8, 4) is 0 Å². The van der Waals surface area contributed by atoms with E-state index in [9.17, 15) is 4.79 Å². The normalized spacial score (nSPS) is 24.1. The molecule has 1 amide bonds. The summed E-state index contributed by atoms with van der Waals surface area (Å²) in [4.78, 5) is 13.5. The maximum Gasteiger partial charge on any atom is 0.237 e. The zero-order valence-electron chi connectivity index (χ0n) is 12.5. The lowest BCUT2D eigenvalue weighted by Crippen LogP contribution is -2.48. The van der Waals surface area contributed by atoms with Crippen LogP contribution in [-0.4, -0.2) is 24.7 Å². The van der Waals surface area contributed by atoms with Gasteiger partial charge in [0.1, 0.15) is 0 Å². The van der Waals surface area contributed by atoms with Crippen LogP contribution < -0.4 is 10.6 Å². The number of carbonyl (C=O) groups is 1. The largest absolute Gasteiger partial charge is 0.348 e. The Hall–Kier alpha value is -1.00. The van der Waals surface area contributed by atoms with Crippen LogP contribution in [0, 0.1) is 5.92 Å². The fourth-order valence-electron chi connectivity index (χ4n) is 2.60. The number of benzene rings is 1. The highest BCUT2D eigenvalue weighted by atomic mass is 32.2. The van der Waals surface area contributed by atoms with Gasteiger partial charge in [0.25, 0.3) is 0 Å². The van der Waals surface area contributed by atoms with Crippen LogP contribution in [0.25, 0.3) is 0 Å². The average molecular weight is 292 g/mol. The Morgan fingerprint density at radius 1 is 1.40 bits per heavy atom. The standard InChI is InChI=1S/C16H24N2OS/c1-11-8-9-17-15(10-11)16(19)18-12(2)13-4-6-14(20-3)7-5-13/h4-7,11-12,15,17H,8-10H2,1-3H3,(H,18,19). The molecule has 2 rings (SSSR count). The van der Waals surface area contributed by atoms with E-state index in [1.54, 1.807) is 11.8 Å². The van der Waals surface area contributed by atoms with Crippen molar-refractivity contribution in [1.82, 2.24) is 10.6 Å². The smallest absolute Gasteiger partial charge is 0.237 e. The highest BCUT2D eigenvalue weighted by Crippen LogP contribution is 2.20. The predicted octanol–water partition coefficient (Wildman–Crippen LogP) is 2.97. The topological polar surface area (TPSA) is 41.1 Å². The van der Waals surface area contributed by atoms with E-state index in [-0.39, 0.29) is 18.0 Å². The third kappa shape index (κ3) is 4.00. The average Bonchev–Trinajstić information content (AvgIpc) is 2.47. The molecule has 4 heteroatoms. The second kappa shape index (κ2) is 7.14. The van der Waals surface area contributed by atoms with Gasteiger partial charge in [-0.25, -0.2) is 0 Å². The molecule has 3 atom stereocenters. The maximum atomic E-state index is 12.3. The van der Waals surface area contributed by atoms with Gasteiger partial charge < -0.3 is 10.6 Å². The van der Waals surface area contributed by atoms with Crippen molar-refractivity contribution in [2.24, 2.45) is 5.92 Å². The molecular weight excluding hydrogens is 268 g/mol. The van der Waals surface area contributed by atoms with Gasteiger partial charge >= 0.3 is 0 Å².